The first-order valence-corrected chi connectivity index (χ1v) is 8.75. The largest absolute Gasteiger partial charge is 0.466 e. The molecule has 4 rings (SSSR count). The Morgan fingerprint density at radius 3 is 2.79 bits per heavy atom. The molecule has 1 amide bonds. The normalized spacial score (nSPS) is 22.1. The van der Waals surface area contributed by atoms with Crippen molar-refractivity contribution in [2.75, 3.05) is 6.54 Å². The molecule has 1 aliphatic heterocycles. The van der Waals surface area contributed by atoms with Crippen molar-refractivity contribution in [3.8, 4) is 0 Å². The second kappa shape index (κ2) is 5.76. The van der Waals surface area contributed by atoms with Gasteiger partial charge in [0.2, 0.25) is 11.8 Å². The molecular formula is C18H23N3O3. The minimum absolute atomic E-state index is 0.0653. The first kappa shape index (κ1) is 15.4. The zero-order chi connectivity index (χ0) is 16.8. The molecule has 2 atom stereocenters. The molecule has 2 aromatic rings. The Hall–Kier alpha value is -2.11. The Morgan fingerprint density at radius 2 is 2.12 bits per heavy atom. The summed E-state index contributed by atoms with van der Waals surface area (Å²) in [5.74, 6) is 3.38. The van der Waals surface area contributed by atoms with E-state index in [2.05, 4.69) is 10.1 Å². The molecule has 2 fully saturated rings. The van der Waals surface area contributed by atoms with E-state index < -0.39 is 0 Å². The molecule has 0 unspecified atom stereocenters. The number of furan rings is 1. The molecule has 6 nitrogen and oxygen atoms in total. The SMILES string of the molecule is Cc1cc([C@H](C)C(=O)N2CCC[C@@H]2c2noc(C3CC3)n2)c(C)o1. The van der Waals surface area contributed by atoms with Crippen LogP contribution in [0.4, 0.5) is 0 Å². The molecule has 128 valence electrons. The lowest BCUT2D eigenvalue weighted by Crippen LogP contribution is -2.34. The van der Waals surface area contributed by atoms with Crippen molar-refractivity contribution in [3.63, 3.8) is 0 Å². The van der Waals surface area contributed by atoms with Crippen LogP contribution in [0.15, 0.2) is 15.0 Å². The maximum Gasteiger partial charge on any atom is 0.230 e. The van der Waals surface area contributed by atoms with Crippen molar-refractivity contribution < 1.29 is 13.7 Å². The zero-order valence-electron chi connectivity index (χ0n) is 14.4. The standard InChI is InChI=1S/C18H23N3O3/c1-10-9-14(12(3)23-10)11(2)18(22)21-8-4-5-15(21)16-19-17(24-20-16)13-6-7-13/h9,11,13,15H,4-8H2,1-3H3/t11-,15+/m0/s1. The number of rotatable bonds is 4. The van der Waals surface area contributed by atoms with Crippen molar-refractivity contribution in [1.82, 2.24) is 15.0 Å². The van der Waals surface area contributed by atoms with E-state index in [1.807, 2.05) is 31.7 Å². The fourth-order valence-electron chi connectivity index (χ4n) is 3.64. The Morgan fingerprint density at radius 1 is 1.33 bits per heavy atom. The second-order valence-electron chi connectivity index (χ2n) is 7.05. The van der Waals surface area contributed by atoms with Gasteiger partial charge in [0.15, 0.2) is 5.82 Å². The van der Waals surface area contributed by atoms with Gasteiger partial charge in [-0.3, -0.25) is 4.79 Å². The van der Waals surface area contributed by atoms with E-state index in [0.29, 0.717) is 11.7 Å². The number of hydrogen-bond acceptors (Lipinski definition) is 5. The molecule has 24 heavy (non-hydrogen) atoms. The fraction of sp³-hybridized carbons (Fsp3) is 0.611. The fourth-order valence-corrected chi connectivity index (χ4v) is 3.64. The highest BCUT2D eigenvalue weighted by Crippen LogP contribution is 2.40. The van der Waals surface area contributed by atoms with Gasteiger partial charge in [-0.25, -0.2) is 0 Å². The van der Waals surface area contributed by atoms with Gasteiger partial charge in [0.05, 0.1) is 12.0 Å². The van der Waals surface area contributed by atoms with Crippen molar-refractivity contribution in [2.45, 2.75) is 64.3 Å². The number of likely N-dealkylation sites (tertiary alicyclic amines) is 1. The maximum atomic E-state index is 13.0. The highest BCUT2D eigenvalue weighted by Gasteiger charge is 2.38. The summed E-state index contributed by atoms with van der Waals surface area (Å²) in [6, 6.07) is 1.90. The molecular weight excluding hydrogens is 306 g/mol. The van der Waals surface area contributed by atoms with Crippen LogP contribution in [0, 0.1) is 13.8 Å². The van der Waals surface area contributed by atoms with Gasteiger partial charge in [-0.2, -0.15) is 4.98 Å². The molecule has 0 aromatic carbocycles. The van der Waals surface area contributed by atoms with Gasteiger partial charge in [0.1, 0.15) is 11.5 Å². The summed E-state index contributed by atoms with van der Waals surface area (Å²) < 4.78 is 11.0. The summed E-state index contributed by atoms with van der Waals surface area (Å²) in [7, 11) is 0. The van der Waals surface area contributed by atoms with Gasteiger partial charge in [-0.15, -0.1) is 0 Å². The predicted octanol–water partition coefficient (Wildman–Crippen LogP) is 3.62. The van der Waals surface area contributed by atoms with Gasteiger partial charge in [-0.1, -0.05) is 5.16 Å². The molecule has 0 bridgehead atoms. The molecule has 0 spiro atoms. The van der Waals surface area contributed by atoms with E-state index in [4.69, 9.17) is 8.94 Å². The molecule has 3 heterocycles. The van der Waals surface area contributed by atoms with E-state index in [1.54, 1.807) is 0 Å². The van der Waals surface area contributed by atoms with Gasteiger partial charge < -0.3 is 13.8 Å². The van der Waals surface area contributed by atoms with Crippen LogP contribution in [0.1, 0.15) is 79.3 Å². The lowest BCUT2D eigenvalue weighted by molar-refractivity contribution is -0.133. The van der Waals surface area contributed by atoms with Crippen molar-refractivity contribution in [3.05, 3.63) is 34.9 Å². The quantitative estimate of drug-likeness (QED) is 0.856. The van der Waals surface area contributed by atoms with Gasteiger partial charge in [0.25, 0.3) is 0 Å². The van der Waals surface area contributed by atoms with E-state index in [9.17, 15) is 4.79 Å². The lowest BCUT2D eigenvalue weighted by Gasteiger charge is -2.25. The van der Waals surface area contributed by atoms with Crippen molar-refractivity contribution >= 4 is 5.91 Å². The van der Waals surface area contributed by atoms with Crippen LogP contribution >= 0.6 is 0 Å². The molecule has 1 aliphatic carbocycles. The smallest absolute Gasteiger partial charge is 0.230 e. The van der Waals surface area contributed by atoms with E-state index in [0.717, 1.165) is 55.2 Å². The molecule has 0 N–H and O–H groups in total. The van der Waals surface area contributed by atoms with Crippen LogP contribution in [0.2, 0.25) is 0 Å². The first-order valence-electron chi connectivity index (χ1n) is 8.75. The first-order chi connectivity index (χ1) is 11.5. The van der Waals surface area contributed by atoms with E-state index in [-0.39, 0.29) is 17.9 Å². The summed E-state index contributed by atoms with van der Waals surface area (Å²) >= 11 is 0. The molecule has 1 saturated carbocycles. The Kier molecular flexibility index (Phi) is 3.70. The second-order valence-corrected chi connectivity index (χ2v) is 7.05. The molecule has 2 aliphatic rings. The van der Waals surface area contributed by atoms with Crippen LogP contribution in [-0.2, 0) is 4.79 Å². The third-order valence-electron chi connectivity index (χ3n) is 5.13. The number of hydrogen-bond donors (Lipinski definition) is 0. The Balaban J connectivity index is 1.54. The lowest BCUT2D eigenvalue weighted by atomic mass is 9.99. The van der Waals surface area contributed by atoms with Crippen molar-refractivity contribution in [2.24, 2.45) is 0 Å². The Labute approximate surface area is 141 Å². The summed E-state index contributed by atoms with van der Waals surface area (Å²) in [5, 5.41) is 4.15. The summed E-state index contributed by atoms with van der Waals surface area (Å²) in [5.41, 5.74) is 0.968. The number of aryl methyl sites for hydroxylation is 2. The molecule has 6 heteroatoms. The van der Waals surface area contributed by atoms with Gasteiger partial charge in [0, 0.05) is 18.0 Å². The minimum Gasteiger partial charge on any atom is -0.466 e. The van der Waals surface area contributed by atoms with Crippen LogP contribution in [0.25, 0.3) is 0 Å². The number of amides is 1. The summed E-state index contributed by atoms with van der Waals surface area (Å²) in [6.45, 7) is 6.51. The van der Waals surface area contributed by atoms with Crippen LogP contribution < -0.4 is 0 Å². The van der Waals surface area contributed by atoms with Gasteiger partial charge in [-0.05, 0) is 52.5 Å². The molecule has 1 saturated heterocycles. The number of carbonyl (C=O) groups is 1. The molecule has 0 radical (unpaired) electrons. The number of nitrogens with zero attached hydrogens (tertiary/aromatic N) is 3. The topological polar surface area (TPSA) is 72.4 Å². The van der Waals surface area contributed by atoms with Gasteiger partial charge >= 0.3 is 0 Å². The van der Waals surface area contributed by atoms with E-state index in [1.165, 1.54) is 0 Å². The minimum atomic E-state index is -0.224. The average Bonchev–Trinajstić information content (AvgIpc) is 2.99. The third-order valence-corrected chi connectivity index (χ3v) is 5.13. The highest BCUT2D eigenvalue weighted by molar-refractivity contribution is 5.84. The Bertz CT molecular complexity index is 759. The summed E-state index contributed by atoms with van der Waals surface area (Å²) in [4.78, 5) is 19.5. The highest BCUT2D eigenvalue weighted by atomic mass is 16.5. The van der Waals surface area contributed by atoms with Crippen LogP contribution in [0.5, 0.6) is 0 Å². The number of carbonyl (C=O) groups excluding carboxylic acids is 1. The maximum absolute atomic E-state index is 13.0. The zero-order valence-corrected chi connectivity index (χ0v) is 14.4. The van der Waals surface area contributed by atoms with Crippen molar-refractivity contribution in [1.29, 1.82) is 0 Å². The van der Waals surface area contributed by atoms with Crippen LogP contribution in [-0.4, -0.2) is 27.5 Å². The summed E-state index contributed by atoms with van der Waals surface area (Å²) in [6.07, 6.45) is 4.13. The monoisotopic (exact) mass is 329 g/mol. The predicted molar refractivity (Wildman–Crippen MR) is 86.6 cm³/mol. The third kappa shape index (κ3) is 2.64. The van der Waals surface area contributed by atoms with Crippen LogP contribution in [0.3, 0.4) is 0 Å². The number of aromatic nitrogens is 2. The molecule has 2 aromatic heterocycles. The average molecular weight is 329 g/mol. The van der Waals surface area contributed by atoms with E-state index >= 15 is 0 Å².